The quantitative estimate of drug-likeness (QED) is 0.538. The van der Waals surface area contributed by atoms with Crippen LogP contribution in [0.3, 0.4) is 0 Å². The first-order valence-electron chi connectivity index (χ1n) is 8.53. The lowest BCUT2D eigenvalue weighted by molar-refractivity contribution is -0.227. The van der Waals surface area contributed by atoms with Crippen molar-refractivity contribution in [1.29, 1.82) is 0 Å². The van der Waals surface area contributed by atoms with Crippen molar-refractivity contribution in [3.8, 4) is 0 Å². The summed E-state index contributed by atoms with van der Waals surface area (Å²) < 4.78 is 0. The van der Waals surface area contributed by atoms with E-state index in [0.29, 0.717) is 12.8 Å². The molecule has 7 atom stereocenters. The lowest BCUT2D eigenvalue weighted by atomic mass is 9.37. The largest absolute Gasteiger partial charge is 0.481 e. The fourth-order valence-electron chi connectivity index (χ4n) is 5.34. The zero-order valence-corrected chi connectivity index (χ0v) is 14.2. The van der Waals surface area contributed by atoms with Crippen molar-refractivity contribution in [3.63, 3.8) is 0 Å². The summed E-state index contributed by atoms with van der Waals surface area (Å²) in [6.07, 6.45) is 1.26. The van der Waals surface area contributed by atoms with Crippen molar-refractivity contribution < 1.29 is 39.6 Å². The van der Waals surface area contributed by atoms with Crippen LogP contribution in [0.4, 0.5) is 0 Å². The molecule has 2 fully saturated rings. The molecule has 0 radical (unpaired) electrons. The van der Waals surface area contributed by atoms with Gasteiger partial charge in [0.1, 0.15) is 0 Å². The number of rotatable bonds is 7. The average Bonchev–Trinajstić information content (AvgIpc) is 2.47. The van der Waals surface area contributed by atoms with Gasteiger partial charge in [0.05, 0.1) is 23.2 Å². The maximum absolute atomic E-state index is 12.1. The molecule has 0 aromatic heterocycles. The van der Waals surface area contributed by atoms with Crippen molar-refractivity contribution in [2.75, 3.05) is 0 Å². The normalized spacial score (nSPS) is 39.8. The Morgan fingerprint density at radius 3 is 2.00 bits per heavy atom. The lowest BCUT2D eigenvalue weighted by Crippen LogP contribution is -2.69. The molecule has 25 heavy (non-hydrogen) atoms. The van der Waals surface area contributed by atoms with Crippen molar-refractivity contribution in [2.24, 2.45) is 40.9 Å². The molecular weight excluding hydrogens is 332 g/mol. The second kappa shape index (κ2) is 6.65. The summed E-state index contributed by atoms with van der Waals surface area (Å²) in [6, 6.07) is 0. The molecule has 0 bridgehead atoms. The molecule has 2 rings (SSSR count). The minimum Gasteiger partial charge on any atom is -0.481 e. The molecule has 0 aromatic rings. The Kier molecular flexibility index (Phi) is 5.11. The summed E-state index contributed by atoms with van der Waals surface area (Å²) in [5.74, 6) is -10.6. The number of carbonyl (C=O) groups is 4. The summed E-state index contributed by atoms with van der Waals surface area (Å²) in [5.41, 5.74) is -1.52. The van der Waals surface area contributed by atoms with Crippen LogP contribution in [-0.4, -0.2) is 44.3 Å². The van der Waals surface area contributed by atoms with E-state index in [1.165, 1.54) is 6.92 Å². The van der Waals surface area contributed by atoms with Gasteiger partial charge in [-0.05, 0) is 30.6 Å². The number of hydrogen-bond donors (Lipinski definition) is 4. The highest BCUT2D eigenvalue weighted by atomic mass is 16.4. The molecule has 0 saturated heterocycles. The molecule has 2 saturated carbocycles. The van der Waals surface area contributed by atoms with E-state index in [2.05, 4.69) is 0 Å². The number of fused-ring (bicyclic) bond motifs is 1. The minimum absolute atomic E-state index is 0.110. The number of carboxylic acid groups (broad SMARTS) is 4. The molecule has 4 N–H and O–H groups in total. The van der Waals surface area contributed by atoms with Gasteiger partial charge in [0, 0.05) is 0 Å². The monoisotopic (exact) mass is 356 g/mol. The van der Waals surface area contributed by atoms with Gasteiger partial charge in [0.25, 0.3) is 0 Å². The van der Waals surface area contributed by atoms with Crippen LogP contribution in [0.15, 0.2) is 0 Å². The maximum Gasteiger partial charge on any atom is 0.310 e. The van der Waals surface area contributed by atoms with Crippen molar-refractivity contribution in [3.05, 3.63) is 0 Å². The highest BCUT2D eigenvalue weighted by Crippen LogP contribution is 2.67. The van der Waals surface area contributed by atoms with Gasteiger partial charge in [-0.1, -0.05) is 26.7 Å². The molecule has 7 unspecified atom stereocenters. The van der Waals surface area contributed by atoms with Gasteiger partial charge in [-0.25, -0.2) is 0 Å². The van der Waals surface area contributed by atoms with Gasteiger partial charge in [0.15, 0.2) is 0 Å². The Bertz CT molecular complexity index is 599. The minimum atomic E-state index is -1.52. The first-order chi connectivity index (χ1) is 11.6. The molecule has 2 aliphatic rings. The second-order valence-electron chi connectivity index (χ2n) is 7.35. The standard InChI is InChI=1S/C17H24O8/c1-3-4-5-17(16(24)25)9-6-8(13(18)19)10(14(20)21)7(2)11(9)12(17)15(22)23/h7-12H,3-6H2,1-2H3,(H,18,19)(H,20,21)(H,22,23)(H,24,25). The van der Waals surface area contributed by atoms with E-state index in [1.807, 2.05) is 6.92 Å². The Balaban J connectivity index is 2.50. The molecule has 0 aromatic carbocycles. The fraction of sp³-hybridized carbons (Fsp3) is 0.765. The van der Waals surface area contributed by atoms with E-state index in [0.717, 1.165) is 0 Å². The van der Waals surface area contributed by atoms with Crippen LogP contribution in [0.25, 0.3) is 0 Å². The maximum atomic E-state index is 12.1. The smallest absolute Gasteiger partial charge is 0.310 e. The van der Waals surface area contributed by atoms with Gasteiger partial charge in [-0.2, -0.15) is 0 Å². The SMILES string of the molecule is CCCCC1(C(=O)O)C2CC(C(=O)O)C(C(=O)O)C(C)C2C1C(=O)O. The predicted molar refractivity (Wildman–Crippen MR) is 83.7 cm³/mol. The molecule has 8 heteroatoms. The fourth-order valence-corrected chi connectivity index (χ4v) is 5.34. The van der Waals surface area contributed by atoms with Crippen LogP contribution in [0.1, 0.15) is 39.5 Å². The summed E-state index contributed by atoms with van der Waals surface area (Å²) in [7, 11) is 0. The molecule has 0 spiro atoms. The van der Waals surface area contributed by atoms with Gasteiger partial charge in [-0.3, -0.25) is 19.2 Å². The zero-order valence-electron chi connectivity index (χ0n) is 14.2. The van der Waals surface area contributed by atoms with E-state index >= 15 is 0 Å². The Morgan fingerprint density at radius 1 is 1.00 bits per heavy atom. The van der Waals surface area contributed by atoms with E-state index in [4.69, 9.17) is 0 Å². The first-order valence-corrected chi connectivity index (χ1v) is 8.53. The van der Waals surface area contributed by atoms with E-state index in [9.17, 15) is 39.6 Å². The van der Waals surface area contributed by atoms with Crippen LogP contribution in [0, 0.1) is 40.9 Å². The molecule has 140 valence electrons. The third-order valence-corrected chi connectivity index (χ3v) is 6.39. The number of carboxylic acids is 4. The molecule has 0 aliphatic heterocycles. The first kappa shape index (κ1) is 19.2. The van der Waals surface area contributed by atoms with Crippen LogP contribution >= 0.6 is 0 Å². The van der Waals surface area contributed by atoms with Crippen LogP contribution in [-0.2, 0) is 19.2 Å². The lowest BCUT2D eigenvalue weighted by Gasteiger charge is -2.63. The summed E-state index contributed by atoms with van der Waals surface area (Å²) >= 11 is 0. The summed E-state index contributed by atoms with van der Waals surface area (Å²) in [6.45, 7) is 3.40. The van der Waals surface area contributed by atoms with Gasteiger partial charge in [-0.15, -0.1) is 0 Å². The zero-order chi connectivity index (χ0) is 19.1. The van der Waals surface area contributed by atoms with Crippen LogP contribution in [0.5, 0.6) is 0 Å². The van der Waals surface area contributed by atoms with E-state index in [1.54, 1.807) is 0 Å². The molecule has 0 amide bonds. The summed E-state index contributed by atoms with van der Waals surface area (Å²) in [5, 5.41) is 38.3. The topological polar surface area (TPSA) is 149 Å². The highest BCUT2D eigenvalue weighted by Gasteiger charge is 2.73. The molecular formula is C17H24O8. The van der Waals surface area contributed by atoms with Gasteiger partial charge >= 0.3 is 23.9 Å². The summed E-state index contributed by atoms with van der Waals surface area (Å²) in [4.78, 5) is 47.0. The van der Waals surface area contributed by atoms with Gasteiger partial charge < -0.3 is 20.4 Å². The van der Waals surface area contributed by atoms with E-state index in [-0.39, 0.29) is 12.8 Å². The second-order valence-corrected chi connectivity index (χ2v) is 7.35. The van der Waals surface area contributed by atoms with Gasteiger partial charge in [0.2, 0.25) is 0 Å². The number of unbranched alkanes of at least 4 members (excludes halogenated alkanes) is 1. The number of hydrogen-bond acceptors (Lipinski definition) is 4. The Labute approximate surface area is 144 Å². The molecule has 8 nitrogen and oxygen atoms in total. The van der Waals surface area contributed by atoms with Crippen molar-refractivity contribution >= 4 is 23.9 Å². The highest BCUT2D eigenvalue weighted by molar-refractivity contribution is 5.88. The van der Waals surface area contributed by atoms with E-state index < -0.39 is 64.8 Å². The molecule has 0 heterocycles. The van der Waals surface area contributed by atoms with Crippen molar-refractivity contribution in [1.82, 2.24) is 0 Å². The molecule has 2 aliphatic carbocycles. The van der Waals surface area contributed by atoms with Crippen molar-refractivity contribution in [2.45, 2.75) is 39.5 Å². The Morgan fingerprint density at radius 2 is 1.60 bits per heavy atom. The van der Waals surface area contributed by atoms with Crippen LogP contribution in [0.2, 0.25) is 0 Å². The Hall–Kier alpha value is -2.12. The number of aliphatic carboxylic acids is 4. The average molecular weight is 356 g/mol. The predicted octanol–water partition coefficient (Wildman–Crippen LogP) is 1.64. The van der Waals surface area contributed by atoms with Crippen LogP contribution < -0.4 is 0 Å². The third kappa shape index (κ3) is 2.67. The third-order valence-electron chi connectivity index (χ3n) is 6.39.